The Hall–Kier alpha value is -2.03. The molecule has 9 heteroatoms. The molecule has 1 aromatic rings. The van der Waals surface area contributed by atoms with Crippen LogP contribution in [-0.4, -0.2) is 46.0 Å². The first kappa shape index (κ1) is 17.0. The molecule has 0 amide bonds. The van der Waals surface area contributed by atoms with Crippen LogP contribution in [0.15, 0.2) is 17.4 Å². The minimum atomic E-state index is -0.567. The zero-order valence-electron chi connectivity index (χ0n) is 12.2. The van der Waals surface area contributed by atoms with Gasteiger partial charge in [-0.2, -0.15) is 11.8 Å². The van der Waals surface area contributed by atoms with E-state index in [4.69, 9.17) is 10.9 Å². The van der Waals surface area contributed by atoms with Crippen molar-refractivity contribution in [1.82, 2.24) is 4.98 Å². The summed E-state index contributed by atoms with van der Waals surface area (Å²) in [4.78, 5) is 16.2. The van der Waals surface area contributed by atoms with E-state index in [0.29, 0.717) is 5.82 Å². The summed E-state index contributed by atoms with van der Waals surface area (Å²) in [7, 11) is 1.83. The van der Waals surface area contributed by atoms with E-state index in [2.05, 4.69) is 10.1 Å². The lowest BCUT2D eigenvalue weighted by atomic mass is 10.1. The number of amidine groups is 1. The quantitative estimate of drug-likeness (QED) is 0.258. The summed E-state index contributed by atoms with van der Waals surface area (Å²) in [6, 6.07) is 1.42. The number of nitrogens with two attached hydrogens (primary N) is 1. The third-order valence-electron chi connectivity index (χ3n) is 3.18. The van der Waals surface area contributed by atoms with Gasteiger partial charge in [-0.25, -0.2) is 4.98 Å². The number of hydrogen-bond donors (Lipinski definition) is 2. The fourth-order valence-electron chi connectivity index (χ4n) is 1.76. The Labute approximate surface area is 127 Å². The fraction of sp³-hybridized carbons (Fsp3) is 0.500. The smallest absolute Gasteiger partial charge is 0.288 e. The first-order valence-corrected chi connectivity index (χ1v) is 7.65. The minimum absolute atomic E-state index is 0.164. The summed E-state index contributed by atoms with van der Waals surface area (Å²) in [6.07, 6.45) is 4.12. The molecule has 0 bridgehead atoms. The third-order valence-corrected chi connectivity index (χ3v) is 3.83. The summed E-state index contributed by atoms with van der Waals surface area (Å²) in [5.74, 6) is 1.23. The van der Waals surface area contributed by atoms with Crippen LogP contribution in [0.25, 0.3) is 0 Å². The first-order valence-electron chi connectivity index (χ1n) is 6.26. The molecule has 0 aliphatic rings. The molecule has 1 aromatic heterocycles. The van der Waals surface area contributed by atoms with E-state index in [9.17, 15) is 10.1 Å². The lowest BCUT2D eigenvalue weighted by Crippen LogP contribution is -2.32. The Morgan fingerprint density at radius 1 is 1.71 bits per heavy atom. The van der Waals surface area contributed by atoms with Gasteiger partial charge in [0.05, 0.1) is 10.5 Å². The Morgan fingerprint density at radius 3 is 2.90 bits per heavy atom. The monoisotopic (exact) mass is 313 g/mol. The van der Waals surface area contributed by atoms with Gasteiger partial charge in [-0.3, -0.25) is 10.1 Å². The standard InChI is InChI=1S/C12H19N5O3S/c1-8(4-5-21-3)16(2)12-10(11(13)15-18)6-9(7-14-12)17(19)20/h6-8,18H,4-5H2,1-3H3,(H2,13,15). The highest BCUT2D eigenvalue weighted by atomic mass is 32.2. The van der Waals surface area contributed by atoms with Crippen LogP contribution in [0.3, 0.4) is 0 Å². The van der Waals surface area contributed by atoms with E-state index in [1.165, 1.54) is 12.3 Å². The van der Waals surface area contributed by atoms with Crippen molar-refractivity contribution in [2.75, 3.05) is 24.0 Å². The zero-order chi connectivity index (χ0) is 16.0. The predicted octanol–water partition coefficient (Wildman–Crippen LogP) is 1.66. The molecular weight excluding hydrogens is 294 g/mol. The Kier molecular flexibility index (Phi) is 6.22. The van der Waals surface area contributed by atoms with Crippen LogP contribution in [0.1, 0.15) is 18.9 Å². The van der Waals surface area contributed by atoms with Gasteiger partial charge in [-0.15, -0.1) is 0 Å². The maximum atomic E-state index is 10.8. The van der Waals surface area contributed by atoms with E-state index in [0.717, 1.165) is 12.2 Å². The highest BCUT2D eigenvalue weighted by molar-refractivity contribution is 7.98. The molecule has 0 saturated carbocycles. The van der Waals surface area contributed by atoms with Crippen molar-refractivity contribution in [3.63, 3.8) is 0 Å². The van der Waals surface area contributed by atoms with Gasteiger partial charge in [0.1, 0.15) is 12.0 Å². The Morgan fingerprint density at radius 2 is 2.38 bits per heavy atom. The van der Waals surface area contributed by atoms with Gasteiger partial charge in [0.2, 0.25) is 0 Å². The molecule has 0 saturated heterocycles. The second kappa shape index (κ2) is 7.67. The number of aromatic nitrogens is 1. The number of nitrogens with zero attached hydrogens (tertiary/aromatic N) is 4. The summed E-state index contributed by atoms with van der Waals surface area (Å²) in [6.45, 7) is 2.02. The Balaban J connectivity index is 3.19. The topological polar surface area (TPSA) is 118 Å². The van der Waals surface area contributed by atoms with Gasteiger partial charge < -0.3 is 15.8 Å². The number of nitro groups is 1. The molecule has 0 fully saturated rings. The molecule has 0 radical (unpaired) electrons. The van der Waals surface area contributed by atoms with Gasteiger partial charge in [0, 0.05) is 19.2 Å². The van der Waals surface area contributed by atoms with Gasteiger partial charge in [-0.05, 0) is 25.4 Å². The van der Waals surface area contributed by atoms with Crippen LogP contribution >= 0.6 is 11.8 Å². The molecule has 21 heavy (non-hydrogen) atoms. The van der Waals surface area contributed by atoms with Crippen molar-refractivity contribution < 1.29 is 10.1 Å². The largest absolute Gasteiger partial charge is 0.409 e. The zero-order valence-corrected chi connectivity index (χ0v) is 13.0. The highest BCUT2D eigenvalue weighted by Gasteiger charge is 2.20. The second-order valence-corrected chi connectivity index (χ2v) is 5.53. The van der Waals surface area contributed by atoms with Gasteiger partial charge >= 0.3 is 0 Å². The summed E-state index contributed by atoms with van der Waals surface area (Å²) < 4.78 is 0. The van der Waals surface area contributed by atoms with Crippen LogP contribution in [0.2, 0.25) is 0 Å². The molecule has 1 rings (SSSR count). The van der Waals surface area contributed by atoms with Crippen molar-refractivity contribution in [3.05, 3.63) is 27.9 Å². The highest BCUT2D eigenvalue weighted by Crippen LogP contribution is 2.24. The molecule has 0 aromatic carbocycles. The molecule has 0 spiro atoms. The molecule has 8 nitrogen and oxygen atoms in total. The van der Waals surface area contributed by atoms with Gasteiger partial charge in [-0.1, -0.05) is 5.16 Å². The number of thioether (sulfide) groups is 1. The lowest BCUT2D eigenvalue weighted by molar-refractivity contribution is -0.385. The first-order chi connectivity index (χ1) is 9.92. The normalized spacial score (nSPS) is 13.0. The van der Waals surface area contributed by atoms with Crippen LogP contribution in [0, 0.1) is 10.1 Å². The Bertz CT molecular complexity index is 538. The van der Waals surface area contributed by atoms with Crippen molar-refractivity contribution >= 4 is 29.1 Å². The second-order valence-electron chi connectivity index (χ2n) is 4.55. The molecule has 1 atom stereocenters. The van der Waals surface area contributed by atoms with E-state index in [1.807, 2.05) is 25.1 Å². The molecule has 1 unspecified atom stereocenters. The van der Waals surface area contributed by atoms with Crippen molar-refractivity contribution in [2.24, 2.45) is 10.9 Å². The SMILES string of the molecule is CSCCC(C)N(C)c1ncc([N+](=O)[O-])cc1C(N)=NO. The number of rotatable bonds is 7. The average molecular weight is 313 g/mol. The third kappa shape index (κ3) is 4.22. The molecule has 116 valence electrons. The van der Waals surface area contributed by atoms with Crippen LogP contribution in [0.4, 0.5) is 11.5 Å². The maximum absolute atomic E-state index is 10.8. The maximum Gasteiger partial charge on any atom is 0.288 e. The summed E-state index contributed by atoms with van der Waals surface area (Å²) in [5.41, 5.74) is 5.65. The lowest BCUT2D eigenvalue weighted by Gasteiger charge is -2.27. The van der Waals surface area contributed by atoms with E-state index in [1.54, 1.807) is 11.8 Å². The van der Waals surface area contributed by atoms with Crippen molar-refractivity contribution in [2.45, 2.75) is 19.4 Å². The number of oxime groups is 1. The summed E-state index contributed by atoms with van der Waals surface area (Å²) >= 11 is 1.74. The van der Waals surface area contributed by atoms with Crippen LogP contribution < -0.4 is 10.6 Å². The van der Waals surface area contributed by atoms with E-state index in [-0.39, 0.29) is 23.1 Å². The fourth-order valence-corrected chi connectivity index (χ4v) is 2.34. The van der Waals surface area contributed by atoms with Crippen molar-refractivity contribution in [3.8, 4) is 0 Å². The van der Waals surface area contributed by atoms with Crippen LogP contribution in [-0.2, 0) is 0 Å². The minimum Gasteiger partial charge on any atom is -0.409 e. The molecule has 0 aliphatic heterocycles. The predicted molar refractivity (Wildman–Crippen MR) is 84.3 cm³/mol. The molecular formula is C12H19N5O3S. The number of pyridine rings is 1. The van der Waals surface area contributed by atoms with Gasteiger partial charge in [0.15, 0.2) is 5.84 Å². The van der Waals surface area contributed by atoms with E-state index >= 15 is 0 Å². The number of hydrogen-bond acceptors (Lipinski definition) is 7. The molecule has 0 aliphatic carbocycles. The molecule has 1 heterocycles. The van der Waals surface area contributed by atoms with Crippen molar-refractivity contribution in [1.29, 1.82) is 0 Å². The molecule has 3 N–H and O–H groups in total. The van der Waals surface area contributed by atoms with Gasteiger partial charge in [0.25, 0.3) is 5.69 Å². The average Bonchev–Trinajstić information content (AvgIpc) is 2.50. The summed E-state index contributed by atoms with van der Waals surface area (Å²) in [5, 5.41) is 22.6. The number of anilines is 1. The van der Waals surface area contributed by atoms with Crippen LogP contribution in [0.5, 0.6) is 0 Å². The van der Waals surface area contributed by atoms with E-state index < -0.39 is 4.92 Å².